The van der Waals surface area contributed by atoms with Crippen molar-refractivity contribution in [2.75, 3.05) is 13.1 Å². The molecule has 6 N–H and O–H groups in total. The van der Waals surface area contributed by atoms with Gasteiger partial charge in [0.15, 0.2) is 8.59 Å². The van der Waals surface area contributed by atoms with Gasteiger partial charge in [0.1, 0.15) is 0 Å². The van der Waals surface area contributed by atoms with Crippen molar-refractivity contribution in [2.45, 2.75) is 34.8 Å². The number of hydrogen-bond donors (Lipinski definition) is 6. The summed E-state index contributed by atoms with van der Waals surface area (Å²) in [4.78, 5) is 51.0. The molecule has 0 fully saturated rings. The summed E-state index contributed by atoms with van der Waals surface area (Å²) < 4.78 is 26.6. The molecule has 80 heavy (non-hydrogen) atoms. The van der Waals surface area contributed by atoms with E-state index in [1.165, 1.54) is 0 Å². The van der Waals surface area contributed by atoms with Crippen LogP contribution in [0.25, 0.3) is 0 Å². The highest BCUT2D eigenvalue weighted by molar-refractivity contribution is 7.77. The van der Waals surface area contributed by atoms with Crippen LogP contribution in [0.5, 0.6) is 0 Å². The molecule has 414 valence electrons. The Hall–Kier alpha value is -6.24. The topological polar surface area (TPSA) is 175 Å². The highest BCUT2D eigenvalue weighted by Crippen LogP contribution is 2.40. The van der Waals surface area contributed by atoms with Crippen LogP contribution in [-0.2, 0) is 35.3 Å². The zero-order chi connectivity index (χ0) is 57.3. The Morgan fingerprint density at radius 1 is 0.325 bits per heavy atom. The fourth-order valence-electron chi connectivity index (χ4n) is 7.93. The van der Waals surface area contributed by atoms with Gasteiger partial charge in [-0.1, -0.05) is 203 Å². The molecular weight excluding hydrogens is 1180 g/mol. The average Bonchev–Trinajstić information content (AvgIpc) is 3.51. The van der Waals surface area contributed by atoms with Crippen LogP contribution >= 0.6 is 84.2 Å². The first-order valence-electron chi connectivity index (χ1n) is 24.8. The number of carbonyl (C=O) groups is 4. The normalized spacial score (nSPS) is 12.9. The number of amides is 4. The molecule has 0 saturated heterocycles. The fourth-order valence-corrected chi connectivity index (χ4v) is 12.5. The monoisotopic (exact) mass is 1230 g/mol. The molecule has 12 nitrogen and oxygen atoms in total. The van der Waals surface area contributed by atoms with E-state index in [-0.39, 0.29) is 23.6 Å². The van der Waals surface area contributed by atoms with Gasteiger partial charge in [0.05, 0.1) is 0 Å². The molecule has 12 rings (SSSR count). The summed E-state index contributed by atoms with van der Waals surface area (Å²) in [5.74, 6) is -1.12. The molecule has 0 unspecified atom stereocenters. The summed E-state index contributed by atoms with van der Waals surface area (Å²) in [6.45, 7) is 2.04. The number of rotatable bonds is 9. The lowest BCUT2D eigenvalue weighted by Crippen LogP contribution is -2.35. The second kappa shape index (κ2) is 32.3. The highest BCUT2D eigenvalue weighted by atomic mass is 35.6. The van der Waals surface area contributed by atoms with Gasteiger partial charge in [0.25, 0.3) is 23.6 Å². The van der Waals surface area contributed by atoms with E-state index in [4.69, 9.17) is 69.6 Å². The number of alkyl halides is 6. The zero-order valence-electron chi connectivity index (χ0n) is 42.8. The molecule has 4 heterocycles. The van der Waals surface area contributed by atoms with Crippen LogP contribution in [0.15, 0.2) is 218 Å². The summed E-state index contributed by atoms with van der Waals surface area (Å²) in [6.07, 6.45) is 0. The fraction of sp³-hybridized carbons (Fsp3) is 0.133. The SMILES string of the molecule is ClC(Cl)Cl.ClC(Cl)Cl.O=C1NCc2ccc(cc2)CNC(=O)c2cccc(c2)C(=O)NCc2ccc(cc2)CNC(=O)c2cccc1c2.O=P(NCCNP(=O)(c1ccccc1)c1ccccc1)(c1ccccc1)c1ccccc1. The first-order chi connectivity index (χ1) is 38.5. The van der Waals surface area contributed by atoms with Crippen LogP contribution in [0.4, 0.5) is 0 Å². The van der Waals surface area contributed by atoms with Crippen LogP contribution in [0.2, 0.25) is 0 Å². The van der Waals surface area contributed by atoms with Crippen molar-refractivity contribution in [2.24, 2.45) is 0 Å². The van der Waals surface area contributed by atoms with Crippen molar-refractivity contribution in [1.29, 1.82) is 0 Å². The van der Waals surface area contributed by atoms with Gasteiger partial charge < -0.3 is 21.3 Å². The number of halogens is 6. The van der Waals surface area contributed by atoms with Crippen molar-refractivity contribution >= 4 is 129 Å². The van der Waals surface area contributed by atoms with Gasteiger partial charge in [0.2, 0.25) is 14.6 Å². The number of benzene rings is 8. The molecule has 8 aromatic rings. The Bertz CT molecular complexity index is 2930. The van der Waals surface area contributed by atoms with E-state index in [0.717, 1.165) is 43.5 Å². The molecule has 0 aliphatic carbocycles. The molecule has 0 radical (unpaired) electrons. The summed E-state index contributed by atoms with van der Waals surface area (Å²) in [5.41, 5.74) is 5.14. The van der Waals surface area contributed by atoms with Crippen LogP contribution in [-0.4, -0.2) is 45.3 Å². The first kappa shape index (κ1) is 62.9. The molecule has 0 saturated carbocycles. The number of nitrogens with one attached hydrogen (secondary N) is 6. The minimum Gasteiger partial charge on any atom is -0.348 e. The molecule has 20 heteroatoms. The molecule has 4 aliphatic rings. The maximum atomic E-state index is 14.1. The Morgan fingerprint density at radius 2 is 0.525 bits per heavy atom. The zero-order valence-corrected chi connectivity index (χ0v) is 49.1. The van der Waals surface area contributed by atoms with E-state index < -0.39 is 23.2 Å². The summed E-state index contributed by atoms with van der Waals surface area (Å²) in [6, 6.07) is 66.1. The lowest BCUT2D eigenvalue weighted by atomic mass is 10.1. The Kier molecular flexibility index (Phi) is 25.4. The average molecular weight is 1230 g/mol. The van der Waals surface area contributed by atoms with E-state index in [2.05, 4.69) is 31.4 Å². The maximum Gasteiger partial charge on any atom is 0.251 e. The molecule has 0 atom stereocenters. The molecule has 8 bridgehead atoms. The van der Waals surface area contributed by atoms with Gasteiger partial charge in [-0.25, -0.2) is 0 Å². The quantitative estimate of drug-likeness (QED) is 0.0470. The lowest BCUT2D eigenvalue weighted by molar-refractivity contribution is 0.0935. The van der Waals surface area contributed by atoms with Crippen molar-refractivity contribution in [3.63, 3.8) is 0 Å². The number of hydrogen-bond acceptors (Lipinski definition) is 6. The summed E-state index contributed by atoms with van der Waals surface area (Å²) in [7, 11) is -6.06. The summed E-state index contributed by atoms with van der Waals surface area (Å²) >= 11 is 28.8. The van der Waals surface area contributed by atoms with Gasteiger partial charge in [0, 0.05) is 82.7 Å². The second-order valence-electron chi connectivity index (χ2n) is 17.4. The molecule has 0 aromatic heterocycles. The second-order valence-corrected chi connectivity index (χ2v) is 26.5. The van der Waals surface area contributed by atoms with Gasteiger partial charge in [-0.05, 0) is 107 Å². The first-order valence-corrected chi connectivity index (χ1v) is 30.8. The highest BCUT2D eigenvalue weighted by Gasteiger charge is 2.29. The van der Waals surface area contributed by atoms with E-state index in [0.29, 0.717) is 61.5 Å². The third kappa shape index (κ3) is 19.8. The minimum absolute atomic E-state index is 0.280. The molecule has 4 amide bonds. The van der Waals surface area contributed by atoms with E-state index in [9.17, 15) is 28.3 Å². The Morgan fingerprint density at radius 3 is 0.725 bits per heavy atom. The van der Waals surface area contributed by atoms with Gasteiger partial charge >= 0.3 is 0 Å². The van der Waals surface area contributed by atoms with Crippen molar-refractivity contribution in [1.82, 2.24) is 31.4 Å². The van der Waals surface area contributed by atoms with E-state index >= 15 is 0 Å². The maximum absolute atomic E-state index is 14.1. The Labute approximate surface area is 496 Å². The van der Waals surface area contributed by atoms with Gasteiger partial charge in [-0.15, -0.1) is 0 Å². The largest absolute Gasteiger partial charge is 0.348 e. The minimum atomic E-state index is -3.03. The van der Waals surface area contributed by atoms with Crippen molar-refractivity contribution in [3.8, 4) is 0 Å². The van der Waals surface area contributed by atoms with Crippen LogP contribution in [0, 0.1) is 0 Å². The number of carbonyl (C=O) groups excluding carboxylic acids is 4. The predicted octanol–water partition coefficient (Wildman–Crippen LogP) is 11.7. The Balaban J connectivity index is 0.000000232. The van der Waals surface area contributed by atoms with Crippen LogP contribution in [0.3, 0.4) is 0 Å². The third-order valence-corrected chi connectivity index (χ3v) is 17.3. The predicted molar refractivity (Wildman–Crippen MR) is 329 cm³/mol. The van der Waals surface area contributed by atoms with Crippen molar-refractivity contribution < 1.29 is 28.3 Å². The molecule has 8 aromatic carbocycles. The standard InChI is InChI=1S/C32H28N4O4.C26H26N2O2P2.2CHCl3/c37-29-25-3-1-4-26(15-25)30(38)34-18-22-9-13-24(14-10-22)20-36-32(40)28-6-2-5-27(16-28)31(39)35-19-23-11-7-21(8-12-23)17-33-29;29-31(23-13-5-1-6-14-23,24-15-7-2-8-16-24)27-21-22-28-32(30,25-17-9-3-10-18-25)26-19-11-4-12-20-26;2*2-1(3)4/h1-16H,17-20H2,(H,33,37)(H,34,38)(H,35,39)(H,36,40);1-20H,21-22H2,(H,27,29)(H,28,30);2*1H. The smallest absolute Gasteiger partial charge is 0.251 e. The lowest BCUT2D eigenvalue weighted by Gasteiger charge is -2.23. The molecule has 0 spiro atoms. The van der Waals surface area contributed by atoms with Gasteiger partial charge in [-0.2, -0.15) is 0 Å². The van der Waals surface area contributed by atoms with E-state index in [1.807, 2.05) is 170 Å². The summed E-state index contributed by atoms with van der Waals surface area (Å²) in [5, 5.41) is 21.1. The van der Waals surface area contributed by atoms with Crippen LogP contribution < -0.4 is 52.7 Å². The molecule has 4 aliphatic heterocycles. The van der Waals surface area contributed by atoms with Crippen molar-refractivity contribution in [3.05, 3.63) is 263 Å². The van der Waals surface area contributed by atoms with Crippen LogP contribution in [0.1, 0.15) is 63.7 Å². The third-order valence-electron chi connectivity index (χ3n) is 11.9. The molecular formula is C60H56Cl6N6O6P2. The van der Waals surface area contributed by atoms with E-state index in [1.54, 1.807) is 48.5 Å². The van der Waals surface area contributed by atoms with Gasteiger partial charge in [-0.3, -0.25) is 38.5 Å².